The van der Waals surface area contributed by atoms with E-state index in [1.54, 1.807) is 18.2 Å². The van der Waals surface area contributed by atoms with Gasteiger partial charge in [-0.05, 0) is 49.2 Å². The van der Waals surface area contributed by atoms with Gasteiger partial charge in [0.2, 0.25) is 0 Å². The molecule has 0 spiro atoms. The van der Waals surface area contributed by atoms with Gasteiger partial charge < -0.3 is 14.2 Å². The van der Waals surface area contributed by atoms with Crippen molar-refractivity contribution in [1.82, 2.24) is 0 Å². The molecule has 122 valence electrons. The van der Waals surface area contributed by atoms with Crippen LogP contribution in [0.15, 0.2) is 42.5 Å². The summed E-state index contributed by atoms with van der Waals surface area (Å²) in [5.74, 6) is 2.01. The molecule has 2 aromatic carbocycles. The first-order valence-corrected chi connectivity index (χ1v) is 7.83. The zero-order chi connectivity index (χ0) is 16.5. The molecule has 2 aromatic rings. The van der Waals surface area contributed by atoms with Gasteiger partial charge in [0.15, 0.2) is 11.5 Å². The molecule has 0 aromatic heterocycles. The Morgan fingerprint density at radius 2 is 1.61 bits per heavy atom. The molecule has 0 aliphatic rings. The predicted molar refractivity (Wildman–Crippen MR) is 89.8 cm³/mol. The second-order valence-electron chi connectivity index (χ2n) is 4.95. The summed E-state index contributed by atoms with van der Waals surface area (Å²) in [5.41, 5.74) is 1.85. The van der Waals surface area contributed by atoms with E-state index in [2.05, 4.69) is 19.1 Å². The molecule has 0 aliphatic carbocycles. The number of aryl methyl sites for hydroxylation is 1. The van der Waals surface area contributed by atoms with Crippen molar-refractivity contribution in [3.05, 3.63) is 53.6 Å². The van der Waals surface area contributed by atoms with Gasteiger partial charge in [0, 0.05) is 5.56 Å². The van der Waals surface area contributed by atoms with E-state index in [-0.39, 0.29) is 0 Å². The average molecular weight is 314 g/mol. The second kappa shape index (κ2) is 8.83. The number of carbonyl (C=O) groups excluding carboxylic acids is 1. The lowest BCUT2D eigenvalue weighted by Gasteiger charge is -2.13. The summed E-state index contributed by atoms with van der Waals surface area (Å²) in [7, 11) is 0. The van der Waals surface area contributed by atoms with Crippen molar-refractivity contribution in [3.63, 3.8) is 0 Å². The summed E-state index contributed by atoms with van der Waals surface area (Å²) in [6.07, 6.45) is 1.80. The van der Waals surface area contributed by atoms with Crippen LogP contribution in [0.2, 0.25) is 0 Å². The minimum Gasteiger partial charge on any atom is -0.490 e. The number of hydrogen-bond acceptors (Lipinski definition) is 4. The molecule has 23 heavy (non-hydrogen) atoms. The van der Waals surface area contributed by atoms with E-state index >= 15 is 0 Å². The number of hydrogen-bond donors (Lipinski definition) is 0. The van der Waals surface area contributed by atoms with Crippen LogP contribution in [0.5, 0.6) is 17.2 Å². The van der Waals surface area contributed by atoms with Crippen LogP contribution >= 0.6 is 0 Å². The highest BCUT2D eigenvalue weighted by Crippen LogP contribution is 2.28. The van der Waals surface area contributed by atoms with Gasteiger partial charge in [0.1, 0.15) is 25.2 Å². The third-order valence-electron chi connectivity index (χ3n) is 3.34. The highest BCUT2D eigenvalue weighted by atomic mass is 16.5. The van der Waals surface area contributed by atoms with E-state index in [1.165, 1.54) is 5.56 Å². The third kappa shape index (κ3) is 5.02. The molecule has 2 rings (SSSR count). The van der Waals surface area contributed by atoms with Crippen LogP contribution < -0.4 is 14.2 Å². The fraction of sp³-hybridized carbons (Fsp3) is 0.316. The van der Waals surface area contributed by atoms with Crippen molar-refractivity contribution in [2.24, 2.45) is 0 Å². The maximum Gasteiger partial charge on any atom is 0.161 e. The van der Waals surface area contributed by atoms with E-state index < -0.39 is 0 Å². The molecule has 4 nitrogen and oxygen atoms in total. The van der Waals surface area contributed by atoms with Crippen molar-refractivity contribution in [3.8, 4) is 17.2 Å². The van der Waals surface area contributed by atoms with Crippen molar-refractivity contribution in [1.29, 1.82) is 0 Å². The minimum atomic E-state index is 0.399. The Hall–Kier alpha value is -2.49. The number of aldehydes is 1. The van der Waals surface area contributed by atoms with Gasteiger partial charge in [-0.3, -0.25) is 4.79 Å². The maximum atomic E-state index is 10.8. The molecule has 0 saturated carbocycles. The summed E-state index contributed by atoms with van der Waals surface area (Å²) in [4.78, 5) is 10.8. The monoisotopic (exact) mass is 314 g/mol. The van der Waals surface area contributed by atoms with Crippen LogP contribution in [-0.2, 0) is 6.42 Å². The topological polar surface area (TPSA) is 44.8 Å². The van der Waals surface area contributed by atoms with Crippen LogP contribution in [0.1, 0.15) is 29.8 Å². The molecular weight excluding hydrogens is 292 g/mol. The molecule has 0 saturated heterocycles. The summed E-state index contributed by atoms with van der Waals surface area (Å²) >= 11 is 0. The lowest BCUT2D eigenvalue weighted by Crippen LogP contribution is -2.10. The summed E-state index contributed by atoms with van der Waals surface area (Å²) in [5, 5.41) is 0. The fourth-order valence-corrected chi connectivity index (χ4v) is 2.12. The number of benzene rings is 2. The van der Waals surface area contributed by atoms with Crippen molar-refractivity contribution >= 4 is 6.29 Å². The second-order valence-corrected chi connectivity index (χ2v) is 4.95. The van der Waals surface area contributed by atoms with Gasteiger partial charge in [0.25, 0.3) is 0 Å². The van der Waals surface area contributed by atoms with Gasteiger partial charge in [-0.1, -0.05) is 19.1 Å². The molecule has 0 amide bonds. The first-order chi connectivity index (χ1) is 11.3. The lowest BCUT2D eigenvalue weighted by molar-refractivity contribution is 0.112. The van der Waals surface area contributed by atoms with Gasteiger partial charge >= 0.3 is 0 Å². The van der Waals surface area contributed by atoms with Gasteiger partial charge in [-0.25, -0.2) is 0 Å². The molecular formula is C19H22O4. The quantitative estimate of drug-likeness (QED) is 0.520. The fourth-order valence-electron chi connectivity index (χ4n) is 2.12. The Morgan fingerprint density at radius 3 is 2.26 bits per heavy atom. The van der Waals surface area contributed by atoms with Crippen molar-refractivity contribution in [2.45, 2.75) is 20.3 Å². The van der Waals surface area contributed by atoms with Crippen molar-refractivity contribution in [2.75, 3.05) is 19.8 Å². The normalized spacial score (nSPS) is 10.2. The van der Waals surface area contributed by atoms with E-state index in [4.69, 9.17) is 14.2 Å². The van der Waals surface area contributed by atoms with E-state index in [9.17, 15) is 4.79 Å². The molecule has 0 unspecified atom stereocenters. The smallest absolute Gasteiger partial charge is 0.161 e. The highest BCUT2D eigenvalue weighted by molar-refractivity contribution is 5.76. The van der Waals surface area contributed by atoms with E-state index in [1.807, 2.05) is 19.1 Å². The number of carbonyl (C=O) groups is 1. The largest absolute Gasteiger partial charge is 0.490 e. The van der Waals surface area contributed by atoms with Crippen LogP contribution in [-0.4, -0.2) is 26.1 Å². The zero-order valence-electron chi connectivity index (χ0n) is 13.6. The highest BCUT2D eigenvalue weighted by Gasteiger charge is 2.06. The molecule has 0 bridgehead atoms. The molecule has 0 heterocycles. The van der Waals surface area contributed by atoms with Crippen LogP contribution in [0.4, 0.5) is 0 Å². The minimum absolute atomic E-state index is 0.399. The molecule has 0 aliphatic heterocycles. The Balaban J connectivity index is 1.86. The molecule has 4 heteroatoms. The maximum absolute atomic E-state index is 10.8. The molecule has 0 radical (unpaired) electrons. The predicted octanol–water partition coefficient (Wildman–Crippen LogP) is 3.92. The SMILES string of the molecule is CCOc1cc(C=O)ccc1OCCOc1ccc(CC)cc1. The summed E-state index contributed by atoms with van der Waals surface area (Å²) in [6.45, 7) is 5.36. The zero-order valence-corrected chi connectivity index (χ0v) is 13.6. The van der Waals surface area contributed by atoms with E-state index in [0.29, 0.717) is 36.9 Å². The summed E-state index contributed by atoms with van der Waals surface area (Å²) < 4.78 is 16.8. The molecule has 0 N–H and O–H groups in total. The van der Waals surface area contributed by atoms with Gasteiger partial charge in [-0.2, -0.15) is 0 Å². The summed E-state index contributed by atoms with van der Waals surface area (Å²) in [6, 6.07) is 13.2. The lowest BCUT2D eigenvalue weighted by atomic mass is 10.2. The Kier molecular flexibility index (Phi) is 6.48. The van der Waals surface area contributed by atoms with Crippen LogP contribution in [0.3, 0.4) is 0 Å². The molecule has 0 fully saturated rings. The standard InChI is InChI=1S/C19H22O4/c1-3-15-5-8-17(9-6-15)22-11-12-23-18-10-7-16(14-20)13-19(18)21-4-2/h5-10,13-14H,3-4,11-12H2,1-2H3. The van der Waals surface area contributed by atoms with Crippen LogP contribution in [0, 0.1) is 0 Å². The van der Waals surface area contributed by atoms with Crippen LogP contribution in [0.25, 0.3) is 0 Å². The molecule has 0 atom stereocenters. The first-order valence-electron chi connectivity index (χ1n) is 7.83. The first kappa shape index (κ1) is 16.9. The number of ether oxygens (including phenoxy) is 3. The number of rotatable bonds is 9. The Morgan fingerprint density at radius 1 is 0.870 bits per heavy atom. The van der Waals surface area contributed by atoms with Crippen molar-refractivity contribution < 1.29 is 19.0 Å². The Bertz CT molecular complexity index is 620. The van der Waals surface area contributed by atoms with Gasteiger partial charge in [-0.15, -0.1) is 0 Å². The van der Waals surface area contributed by atoms with Gasteiger partial charge in [0.05, 0.1) is 6.61 Å². The van der Waals surface area contributed by atoms with E-state index in [0.717, 1.165) is 18.5 Å². The third-order valence-corrected chi connectivity index (χ3v) is 3.34. The average Bonchev–Trinajstić information content (AvgIpc) is 2.60. The Labute approximate surface area is 137 Å².